The third-order valence-electron chi connectivity index (χ3n) is 4.39. The number of hydrogen-bond donors (Lipinski definition) is 1. The van der Waals surface area contributed by atoms with E-state index >= 15 is 0 Å². The molecule has 1 N–H and O–H groups in total. The maximum atomic E-state index is 13.5. The van der Waals surface area contributed by atoms with Crippen molar-refractivity contribution in [3.8, 4) is 0 Å². The molecule has 0 spiro atoms. The third-order valence-corrected chi connectivity index (χ3v) is 4.39. The molecule has 0 aliphatic heterocycles. The zero-order chi connectivity index (χ0) is 15.5. The molecule has 0 bridgehead atoms. The molecule has 22 heavy (non-hydrogen) atoms. The first-order valence-electron chi connectivity index (χ1n) is 8.16. The maximum absolute atomic E-state index is 13.5. The first-order valence-corrected chi connectivity index (χ1v) is 8.16. The average Bonchev–Trinajstić information content (AvgIpc) is 2.67. The van der Waals surface area contributed by atoms with E-state index < -0.39 is 0 Å². The Labute approximate surface area is 129 Å². The van der Waals surface area contributed by atoms with Crippen molar-refractivity contribution in [2.24, 2.45) is 0 Å². The van der Waals surface area contributed by atoms with Gasteiger partial charge in [-0.2, -0.15) is 0 Å². The van der Waals surface area contributed by atoms with Crippen LogP contribution < -0.4 is 5.32 Å². The molecule has 0 unspecified atom stereocenters. The second-order valence-corrected chi connectivity index (χ2v) is 6.00. The molecule has 1 saturated carbocycles. The Bertz CT molecular complexity index is 672. The van der Waals surface area contributed by atoms with Crippen LogP contribution in [0.4, 0.5) is 4.39 Å². The summed E-state index contributed by atoms with van der Waals surface area (Å²) >= 11 is 0. The van der Waals surface area contributed by atoms with Gasteiger partial charge in [0.05, 0.1) is 5.69 Å². The smallest absolute Gasteiger partial charge is 0.270 e. The van der Waals surface area contributed by atoms with Crippen LogP contribution >= 0.6 is 0 Å². The van der Waals surface area contributed by atoms with Crippen LogP contribution in [0, 0.1) is 5.82 Å². The van der Waals surface area contributed by atoms with E-state index in [1.807, 2.05) is 6.92 Å². The summed E-state index contributed by atoms with van der Waals surface area (Å²) in [6, 6.07) is 3.20. The van der Waals surface area contributed by atoms with Crippen LogP contribution in [0.5, 0.6) is 0 Å². The highest BCUT2D eigenvalue weighted by Crippen LogP contribution is 2.19. The van der Waals surface area contributed by atoms with E-state index in [-0.39, 0.29) is 17.8 Å². The van der Waals surface area contributed by atoms with Crippen molar-refractivity contribution in [2.45, 2.75) is 57.9 Å². The number of rotatable bonds is 3. The van der Waals surface area contributed by atoms with E-state index in [0.29, 0.717) is 17.8 Å². The van der Waals surface area contributed by atoms with E-state index in [1.54, 1.807) is 10.5 Å². The minimum absolute atomic E-state index is 0.137. The van der Waals surface area contributed by atoms with Crippen LogP contribution in [-0.2, 0) is 6.42 Å². The lowest BCUT2D eigenvalue weighted by Crippen LogP contribution is -2.35. The highest BCUT2D eigenvalue weighted by atomic mass is 19.1. The zero-order valence-electron chi connectivity index (χ0n) is 12.9. The molecule has 1 amide bonds. The molecule has 4 nitrogen and oxygen atoms in total. The van der Waals surface area contributed by atoms with Gasteiger partial charge in [-0.3, -0.25) is 9.20 Å². The van der Waals surface area contributed by atoms with Gasteiger partial charge in [-0.1, -0.05) is 32.6 Å². The van der Waals surface area contributed by atoms with Gasteiger partial charge in [0.15, 0.2) is 0 Å². The fraction of sp³-hybridized carbons (Fsp3) is 0.529. The summed E-state index contributed by atoms with van der Waals surface area (Å²) in [5.74, 6) is -0.502. The number of aromatic nitrogens is 2. The van der Waals surface area contributed by atoms with E-state index in [9.17, 15) is 9.18 Å². The second kappa shape index (κ2) is 6.46. The Morgan fingerprint density at radius 1 is 1.32 bits per heavy atom. The number of hydrogen-bond acceptors (Lipinski definition) is 2. The average molecular weight is 303 g/mol. The van der Waals surface area contributed by atoms with E-state index in [1.165, 1.54) is 25.1 Å². The minimum atomic E-state index is -0.365. The number of imidazole rings is 1. The lowest BCUT2D eigenvalue weighted by atomic mass is 10.1. The molecule has 1 aliphatic carbocycles. The van der Waals surface area contributed by atoms with Crippen molar-refractivity contribution < 1.29 is 9.18 Å². The van der Waals surface area contributed by atoms with Crippen LogP contribution in [0.2, 0.25) is 0 Å². The van der Waals surface area contributed by atoms with Crippen LogP contribution in [0.25, 0.3) is 5.65 Å². The number of aryl methyl sites for hydroxylation is 1. The number of halogens is 1. The van der Waals surface area contributed by atoms with Crippen LogP contribution in [0.1, 0.15) is 61.6 Å². The van der Waals surface area contributed by atoms with Gasteiger partial charge in [0.2, 0.25) is 0 Å². The summed E-state index contributed by atoms with van der Waals surface area (Å²) in [5.41, 5.74) is 1.81. The monoisotopic (exact) mass is 303 g/mol. The minimum Gasteiger partial charge on any atom is -0.348 e. The summed E-state index contributed by atoms with van der Waals surface area (Å²) < 4.78 is 15.1. The van der Waals surface area contributed by atoms with Gasteiger partial charge in [-0.25, -0.2) is 9.37 Å². The predicted molar refractivity (Wildman–Crippen MR) is 83.5 cm³/mol. The molecule has 3 rings (SSSR count). The number of fused-ring (bicyclic) bond motifs is 1. The van der Waals surface area contributed by atoms with Gasteiger partial charge < -0.3 is 5.32 Å². The summed E-state index contributed by atoms with van der Waals surface area (Å²) in [5, 5.41) is 3.13. The van der Waals surface area contributed by atoms with Crippen molar-refractivity contribution >= 4 is 11.6 Å². The van der Waals surface area contributed by atoms with E-state index in [4.69, 9.17) is 0 Å². The topological polar surface area (TPSA) is 46.4 Å². The first kappa shape index (κ1) is 15.0. The van der Waals surface area contributed by atoms with Gasteiger partial charge >= 0.3 is 0 Å². The molecule has 5 heteroatoms. The van der Waals surface area contributed by atoms with Crippen molar-refractivity contribution in [2.75, 3.05) is 0 Å². The van der Waals surface area contributed by atoms with Gasteiger partial charge in [0, 0.05) is 12.2 Å². The molecule has 0 aromatic carbocycles. The molecular weight excluding hydrogens is 281 g/mol. The molecule has 0 saturated heterocycles. The summed E-state index contributed by atoms with van der Waals surface area (Å²) in [6.45, 7) is 1.96. The standard InChI is InChI=1S/C17H22FN3O/c1-2-14-16(21-11-12(18)9-10-15(21)20-14)17(22)19-13-7-5-3-4-6-8-13/h9-11,13H,2-8H2,1H3,(H,19,22). The first-order chi connectivity index (χ1) is 10.7. The zero-order valence-corrected chi connectivity index (χ0v) is 12.9. The normalized spacial score (nSPS) is 16.6. The number of carbonyl (C=O) groups is 1. The van der Waals surface area contributed by atoms with E-state index in [0.717, 1.165) is 31.4 Å². The SMILES string of the molecule is CCc1nc2ccc(F)cn2c1C(=O)NC1CCCCCC1. The molecule has 1 fully saturated rings. The molecule has 0 atom stereocenters. The summed E-state index contributed by atoms with van der Waals surface area (Å²) in [6.07, 6.45) is 8.85. The van der Waals surface area contributed by atoms with Gasteiger partial charge in [-0.05, 0) is 31.4 Å². The van der Waals surface area contributed by atoms with Crippen molar-refractivity contribution in [1.82, 2.24) is 14.7 Å². The molecule has 118 valence electrons. The Morgan fingerprint density at radius 3 is 2.73 bits per heavy atom. The predicted octanol–water partition coefficient (Wildman–Crippen LogP) is 3.49. The number of amides is 1. The molecular formula is C17H22FN3O. The fourth-order valence-corrected chi connectivity index (χ4v) is 3.23. The highest BCUT2D eigenvalue weighted by molar-refractivity contribution is 5.95. The Balaban J connectivity index is 1.90. The van der Waals surface area contributed by atoms with Crippen LogP contribution in [0.15, 0.2) is 18.3 Å². The Morgan fingerprint density at radius 2 is 2.05 bits per heavy atom. The molecule has 1 aliphatic rings. The van der Waals surface area contributed by atoms with Gasteiger partial charge in [-0.15, -0.1) is 0 Å². The van der Waals surface area contributed by atoms with Crippen molar-refractivity contribution in [1.29, 1.82) is 0 Å². The number of nitrogens with zero attached hydrogens (tertiary/aromatic N) is 2. The number of nitrogens with one attached hydrogen (secondary N) is 1. The van der Waals surface area contributed by atoms with Crippen LogP contribution in [0.3, 0.4) is 0 Å². The molecule has 0 radical (unpaired) electrons. The summed E-state index contributed by atoms with van der Waals surface area (Å²) in [7, 11) is 0. The Hall–Kier alpha value is -1.91. The second-order valence-electron chi connectivity index (χ2n) is 6.00. The van der Waals surface area contributed by atoms with Gasteiger partial charge in [0.1, 0.15) is 17.2 Å². The number of carbonyl (C=O) groups excluding carboxylic acids is 1. The van der Waals surface area contributed by atoms with Crippen LogP contribution in [-0.4, -0.2) is 21.3 Å². The molecule has 2 aromatic rings. The maximum Gasteiger partial charge on any atom is 0.270 e. The largest absolute Gasteiger partial charge is 0.348 e. The van der Waals surface area contributed by atoms with Crippen molar-refractivity contribution in [3.63, 3.8) is 0 Å². The fourth-order valence-electron chi connectivity index (χ4n) is 3.23. The highest BCUT2D eigenvalue weighted by Gasteiger charge is 2.22. The van der Waals surface area contributed by atoms with Gasteiger partial charge in [0.25, 0.3) is 5.91 Å². The third kappa shape index (κ3) is 2.98. The molecule has 2 heterocycles. The lowest BCUT2D eigenvalue weighted by Gasteiger charge is -2.16. The summed E-state index contributed by atoms with van der Waals surface area (Å²) in [4.78, 5) is 17.1. The Kier molecular flexibility index (Phi) is 4.41. The quantitative estimate of drug-likeness (QED) is 0.882. The molecule has 2 aromatic heterocycles. The number of pyridine rings is 1. The lowest BCUT2D eigenvalue weighted by molar-refractivity contribution is 0.0926. The van der Waals surface area contributed by atoms with Crippen molar-refractivity contribution in [3.05, 3.63) is 35.5 Å². The van der Waals surface area contributed by atoms with E-state index in [2.05, 4.69) is 10.3 Å².